The maximum Gasteiger partial charge on any atom is 0.152 e. The van der Waals surface area contributed by atoms with Gasteiger partial charge in [-0.2, -0.15) is 0 Å². The first-order chi connectivity index (χ1) is 7.48. The van der Waals surface area contributed by atoms with Gasteiger partial charge in [0.05, 0.1) is 11.5 Å². The fourth-order valence-corrected chi connectivity index (χ4v) is 3.57. The Hall–Kier alpha value is -1.10. The zero-order chi connectivity index (χ0) is 11.8. The van der Waals surface area contributed by atoms with E-state index in [1.165, 1.54) is 6.07 Å². The summed E-state index contributed by atoms with van der Waals surface area (Å²) in [5.74, 6) is 0.0907. The number of halogens is 1. The lowest BCUT2D eigenvalue weighted by Gasteiger charge is -2.14. The molecule has 0 aromatic heterocycles. The number of nitrogens with one attached hydrogen (secondary N) is 1. The van der Waals surface area contributed by atoms with E-state index in [-0.39, 0.29) is 23.4 Å². The predicted molar refractivity (Wildman–Crippen MR) is 61.8 cm³/mol. The van der Waals surface area contributed by atoms with E-state index in [2.05, 4.69) is 5.32 Å². The summed E-state index contributed by atoms with van der Waals surface area (Å²) in [4.78, 5) is 0. The van der Waals surface area contributed by atoms with Crippen LogP contribution >= 0.6 is 0 Å². The van der Waals surface area contributed by atoms with Crippen molar-refractivity contribution in [3.8, 4) is 0 Å². The highest BCUT2D eigenvalue weighted by atomic mass is 32.2. The molecule has 0 radical (unpaired) electrons. The monoisotopic (exact) mass is 243 g/mol. The SMILES string of the molecule is Cc1c(F)cccc1NC1CCS(=O)(=O)C1. The van der Waals surface area contributed by atoms with Crippen LogP contribution in [0.15, 0.2) is 18.2 Å². The Labute approximate surface area is 94.6 Å². The Morgan fingerprint density at radius 1 is 1.44 bits per heavy atom. The second-order valence-corrected chi connectivity index (χ2v) is 6.39. The summed E-state index contributed by atoms with van der Waals surface area (Å²) in [6.45, 7) is 1.68. The van der Waals surface area contributed by atoms with E-state index >= 15 is 0 Å². The van der Waals surface area contributed by atoms with E-state index in [9.17, 15) is 12.8 Å². The van der Waals surface area contributed by atoms with Gasteiger partial charge in [0.25, 0.3) is 0 Å². The summed E-state index contributed by atoms with van der Waals surface area (Å²) < 4.78 is 35.8. The quantitative estimate of drug-likeness (QED) is 0.860. The maximum absolute atomic E-state index is 13.2. The summed E-state index contributed by atoms with van der Waals surface area (Å²) in [5.41, 5.74) is 1.22. The Balaban J connectivity index is 2.14. The number of hydrogen-bond acceptors (Lipinski definition) is 3. The first-order valence-corrected chi connectivity index (χ1v) is 7.02. The van der Waals surface area contributed by atoms with Crippen LogP contribution in [0.3, 0.4) is 0 Å². The average molecular weight is 243 g/mol. The molecule has 16 heavy (non-hydrogen) atoms. The van der Waals surface area contributed by atoms with Crippen molar-refractivity contribution < 1.29 is 12.8 Å². The molecule has 5 heteroatoms. The zero-order valence-corrected chi connectivity index (χ0v) is 9.85. The molecular weight excluding hydrogens is 229 g/mol. The zero-order valence-electron chi connectivity index (χ0n) is 9.03. The number of anilines is 1. The minimum atomic E-state index is -2.89. The van der Waals surface area contributed by atoms with Crippen molar-refractivity contribution >= 4 is 15.5 Å². The van der Waals surface area contributed by atoms with Crippen LogP contribution in [0.2, 0.25) is 0 Å². The molecule has 3 nitrogen and oxygen atoms in total. The molecule has 1 heterocycles. The van der Waals surface area contributed by atoms with Gasteiger partial charge in [0.15, 0.2) is 9.84 Å². The third kappa shape index (κ3) is 2.35. The molecule has 0 aliphatic carbocycles. The summed E-state index contributed by atoms with van der Waals surface area (Å²) in [7, 11) is -2.89. The van der Waals surface area contributed by atoms with Gasteiger partial charge in [-0.15, -0.1) is 0 Å². The molecule has 0 spiro atoms. The lowest BCUT2D eigenvalue weighted by Crippen LogP contribution is -2.21. The lowest BCUT2D eigenvalue weighted by atomic mass is 10.1. The second-order valence-electron chi connectivity index (χ2n) is 4.16. The van der Waals surface area contributed by atoms with Gasteiger partial charge in [-0.25, -0.2) is 12.8 Å². The van der Waals surface area contributed by atoms with Crippen molar-refractivity contribution in [2.75, 3.05) is 16.8 Å². The molecule has 0 saturated carbocycles. The van der Waals surface area contributed by atoms with Gasteiger partial charge in [0, 0.05) is 17.3 Å². The average Bonchev–Trinajstić information content (AvgIpc) is 2.53. The van der Waals surface area contributed by atoms with E-state index < -0.39 is 9.84 Å². The van der Waals surface area contributed by atoms with Crippen molar-refractivity contribution in [3.63, 3.8) is 0 Å². The third-order valence-electron chi connectivity index (χ3n) is 2.86. The molecule has 1 fully saturated rings. The van der Waals surface area contributed by atoms with Crippen LogP contribution in [0, 0.1) is 12.7 Å². The molecule has 1 N–H and O–H groups in total. The normalized spacial score (nSPS) is 23.2. The highest BCUT2D eigenvalue weighted by molar-refractivity contribution is 7.91. The molecule has 1 saturated heterocycles. The van der Waals surface area contributed by atoms with Gasteiger partial charge >= 0.3 is 0 Å². The van der Waals surface area contributed by atoms with E-state index in [1.54, 1.807) is 19.1 Å². The molecular formula is C11H14FNO2S. The fourth-order valence-electron chi connectivity index (χ4n) is 1.89. The topological polar surface area (TPSA) is 46.2 Å². The largest absolute Gasteiger partial charge is 0.381 e. The summed E-state index contributed by atoms with van der Waals surface area (Å²) in [6, 6.07) is 4.69. The van der Waals surface area contributed by atoms with Crippen LogP contribution in [0.1, 0.15) is 12.0 Å². The first kappa shape index (κ1) is 11.4. The number of rotatable bonds is 2. The first-order valence-electron chi connectivity index (χ1n) is 5.20. The Morgan fingerprint density at radius 3 is 2.81 bits per heavy atom. The smallest absolute Gasteiger partial charge is 0.152 e. The summed E-state index contributed by atoms with van der Waals surface area (Å²) >= 11 is 0. The predicted octanol–water partition coefficient (Wildman–Crippen LogP) is 1.73. The molecule has 1 aliphatic heterocycles. The highest BCUT2D eigenvalue weighted by Gasteiger charge is 2.27. The van der Waals surface area contributed by atoms with Crippen LogP contribution in [-0.2, 0) is 9.84 Å². The van der Waals surface area contributed by atoms with Gasteiger partial charge in [0.1, 0.15) is 5.82 Å². The number of benzene rings is 1. The van der Waals surface area contributed by atoms with Gasteiger partial charge in [-0.1, -0.05) is 6.07 Å². The molecule has 1 aromatic rings. The van der Waals surface area contributed by atoms with Gasteiger partial charge in [0.2, 0.25) is 0 Å². The van der Waals surface area contributed by atoms with Crippen LogP contribution < -0.4 is 5.32 Å². The molecule has 1 aliphatic rings. The second kappa shape index (κ2) is 4.05. The Bertz CT molecular complexity index is 499. The van der Waals surface area contributed by atoms with E-state index in [1.807, 2.05) is 0 Å². The molecule has 2 rings (SSSR count). The molecule has 1 aromatic carbocycles. The summed E-state index contributed by atoms with van der Waals surface area (Å²) in [6.07, 6.45) is 0.596. The highest BCUT2D eigenvalue weighted by Crippen LogP contribution is 2.22. The van der Waals surface area contributed by atoms with Crippen molar-refractivity contribution in [1.82, 2.24) is 0 Å². The van der Waals surface area contributed by atoms with Crippen LogP contribution in [0.5, 0.6) is 0 Å². The van der Waals surface area contributed by atoms with Gasteiger partial charge in [-0.05, 0) is 25.5 Å². The standard InChI is InChI=1S/C11H14FNO2S/c1-8-10(12)3-2-4-11(8)13-9-5-6-16(14,15)7-9/h2-4,9,13H,5-7H2,1H3. The molecule has 88 valence electrons. The minimum absolute atomic E-state index is 0.0921. The molecule has 1 unspecified atom stereocenters. The van der Waals surface area contributed by atoms with Crippen LogP contribution in [0.25, 0.3) is 0 Å². The van der Waals surface area contributed by atoms with Crippen molar-refractivity contribution in [3.05, 3.63) is 29.6 Å². The Morgan fingerprint density at radius 2 is 2.19 bits per heavy atom. The van der Waals surface area contributed by atoms with E-state index in [0.29, 0.717) is 17.7 Å². The maximum atomic E-state index is 13.2. The number of sulfone groups is 1. The van der Waals surface area contributed by atoms with Crippen molar-refractivity contribution in [2.45, 2.75) is 19.4 Å². The lowest BCUT2D eigenvalue weighted by molar-refractivity contribution is 0.602. The molecule has 1 atom stereocenters. The number of hydrogen-bond donors (Lipinski definition) is 1. The Kier molecular flexibility index (Phi) is 2.88. The van der Waals surface area contributed by atoms with Crippen molar-refractivity contribution in [2.24, 2.45) is 0 Å². The van der Waals surface area contributed by atoms with Crippen LogP contribution in [-0.4, -0.2) is 26.0 Å². The van der Waals surface area contributed by atoms with Crippen LogP contribution in [0.4, 0.5) is 10.1 Å². The van der Waals surface area contributed by atoms with E-state index in [0.717, 1.165) is 0 Å². The van der Waals surface area contributed by atoms with Gasteiger partial charge < -0.3 is 5.32 Å². The molecule has 0 bridgehead atoms. The van der Waals surface area contributed by atoms with Crippen molar-refractivity contribution in [1.29, 1.82) is 0 Å². The fraction of sp³-hybridized carbons (Fsp3) is 0.455. The molecule has 0 amide bonds. The van der Waals surface area contributed by atoms with Gasteiger partial charge in [-0.3, -0.25) is 0 Å². The summed E-state index contributed by atoms with van der Waals surface area (Å²) in [5, 5.41) is 3.09. The van der Waals surface area contributed by atoms with E-state index in [4.69, 9.17) is 0 Å². The third-order valence-corrected chi connectivity index (χ3v) is 4.63. The minimum Gasteiger partial charge on any atom is -0.381 e.